The summed E-state index contributed by atoms with van der Waals surface area (Å²) in [4.78, 5) is 28.2. The Morgan fingerprint density at radius 1 is 1.32 bits per heavy atom. The van der Waals surface area contributed by atoms with Crippen molar-refractivity contribution in [1.82, 2.24) is 25.1 Å². The number of aryl methyl sites for hydroxylation is 1. The Morgan fingerprint density at radius 2 is 2.21 bits per heavy atom. The third kappa shape index (κ3) is 3.79. The number of likely N-dealkylation sites (tertiary alicyclic amines) is 1. The molecule has 8 nitrogen and oxygen atoms in total. The van der Waals surface area contributed by atoms with Crippen LogP contribution in [0, 0.1) is 6.92 Å². The number of hydrogen-bond acceptors (Lipinski definition) is 6. The van der Waals surface area contributed by atoms with Gasteiger partial charge in [0.2, 0.25) is 11.8 Å². The van der Waals surface area contributed by atoms with Crippen LogP contribution in [0.4, 0.5) is 5.69 Å². The van der Waals surface area contributed by atoms with Crippen molar-refractivity contribution >= 4 is 28.8 Å². The Balaban J connectivity index is 1.47. The summed E-state index contributed by atoms with van der Waals surface area (Å²) >= 11 is 1.56. The number of nitrogens with zero attached hydrogens (tertiary/aromatic N) is 5. The molecule has 1 N–H and O–H groups in total. The third-order valence-corrected chi connectivity index (χ3v) is 5.73. The zero-order valence-electron chi connectivity index (χ0n) is 15.4. The lowest BCUT2D eigenvalue weighted by atomic mass is 10.1. The molecule has 1 unspecified atom stereocenters. The summed E-state index contributed by atoms with van der Waals surface area (Å²) in [6, 6.07) is 9.01. The third-order valence-electron chi connectivity index (χ3n) is 4.85. The van der Waals surface area contributed by atoms with Crippen LogP contribution in [0.1, 0.15) is 23.3 Å². The first-order chi connectivity index (χ1) is 13.6. The van der Waals surface area contributed by atoms with Crippen LogP contribution < -0.4 is 5.32 Å². The largest absolute Gasteiger partial charge is 0.330 e. The topological polar surface area (TPSA) is 93.0 Å². The van der Waals surface area contributed by atoms with Gasteiger partial charge in [0, 0.05) is 17.1 Å². The molecule has 1 fully saturated rings. The molecule has 1 aliphatic heterocycles. The first-order valence-corrected chi connectivity index (χ1v) is 9.96. The Labute approximate surface area is 166 Å². The highest BCUT2D eigenvalue weighted by atomic mass is 32.1. The van der Waals surface area contributed by atoms with Crippen molar-refractivity contribution in [3.05, 3.63) is 52.5 Å². The van der Waals surface area contributed by atoms with Crippen molar-refractivity contribution in [2.45, 2.75) is 32.2 Å². The minimum Gasteiger partial charge on any atom is -0.330 e. The standard InChI is InChI=1S/C19H20N6O2S/c1-13-6-7-14(10-17(13)25-12-20-22-23-25)21-19(27)16-5-2-8-24(16)18(26)11-15-4-3-9-28-15/h3-4,6-7,9-10,12,16H,2,5,8,11H2,1H3,(H,21,27). The van der Waals surface area contributed by atoms with E-state index in [0.717, 1.165) is 22.5 Å². The van der Waals surface area contributed by atoms with Crippen LogP contribution in [-0.2, 0) is 16.0 Å². The van der Waals surface area contributed by atoms with Crippen molar-refractivity contribution in [2.24, 2.45) is 0 Å². The number of amides is 2. The molecule has 144 valence electrons. The molecule has 0 spiro atoms. The van der Waals surface area contributed by atoms with Crippen LogP contribution in [0.25, 0.3) is 5.69 Å². The predicted octanol–water partition coefficient (Wildman–Crippen LogP) is 2.20. The van der Waals surface area contributed by atoms with Gasteiger partial charge < -0.3 is 10.2 Å². The molecule has 0 bridgehead atoms. The number of anilines is 1. The highest BCUT2D eigenvalue weighted by molar-refractivity contribution is 7.10. The maximum Gasteiger partial charge on any atom is 0.247 e. The van der Waals surface area contributed by atoms with Crippen LogP contribution in [0.3, 0.4) is 0 Å². The number of rotatable bonds is 5. The van der Waals surface area contributed by atoms with Gasteiger partial charge in [-0.05, 0) is 59.3 Å². The second-order valence-electron chi connectivity index (χ2n) is 6.75. The van der Waals surface area contributed by atoms with Gasteiger partial charge in [0.15, 0.2) is 0 Å². The maximum atomic E-state index is 12.9. The van der Waals surface area contributed by atoms with Crippen LogP contribution in [0.15, 0.2) is 42.0 Å². The molecule has 4 rings (SSSR count). The number of hydrogen-bond donors (Lipinski definition) is 1. The van der Waals surface area contributed by atoms with Gasteiger partial charge in [0.1, 0.15) is 12.4 Å². The number of nitrogens with one attached hydrogen (secondary N) is 1. The van der Waals surface area contributed by atoms with E-state index < -0.39 is 6.04 Å². The summed E-state index contributed by atoms with van der Waals surface area (Å²) in [6.07, 6.45) is 3.36. The van der Waals surface area contributed by atoms with Crippen molar-refractivity contribution < 1.29 is 9.59 Å². The van der Waals surface area contributed by atoms with Gasteiger partial charge >= 0.3 is 0 Å². The van der Waals surface area contributed by atoms with Gasteiger partial charge in [-0.25, -0.2) is 4.68 Å². The number of aromatic nitrogens is 4. The van der Waals surface area contributed by atoms with E-state index in [-0.39, 0.29) is 11.8 Å². The molecule has 1 saturated heterocycles. The number of tetrazole rings is 1. The highest BCUT2D eigenvalue weighted by Crippen LogP contribution is 2.23. The molecule has 1 aromatic carbocycles. The molecule has 1 aliphatic rings. The van der Waals surface area contributed by atoms with E-state index in [0.29, 0.717) is 25.1 Å². The monoisotopic (exact) mass is 396 g/mol. The first-order valence-electron chi connectivity index (χ1n) is 9.08. The smallest absolute Gasteiger partial charge is 0.247 e. The molecular formula is C19H20N6O2S. The molecule has 0 saturated carbocycles. The number of thiophene rings is 1. The molecular weight excluding hydrogens is 376 g/mol. The minimum absolute atomic E-state index is 0.00150. The van der Waals surface area contributed by atoms with E-state index in [1.54, 1.807) is 20.9 Å². The lowest BCUT2D eigenvalue weighted by Crippen LogP contribution is -2.43. The number of carbonyl (C=O) groups excluding carboxylic acids is 2. The molecule has 3 aromatic rings. The fourth-order valence-electron chi connectivity index (χ4n) is 3.43. The lowest BCUT2D eigenvalue weighted by molar-refractivity contribution is -0.136. The normalized spacial score (nSPS) is 16.3. The average Bonchev–Trinajstić information content (AvgIpc) is 3.45. The second kappa shape index (κ2) is 7.89. The molecule has 3 heterocycles. The van der Waals surface area contributed by atoms with Crippen molar-refractivity contribution in [3.8, 4) is 5.69 Å². The summed E-state index contributed by atoms with van der Waals surface area (Å²) in [7, 11) is 0. The number of benzene rings is 1. The van der Waals surface area contributed by atoms with Gasteiger partial charge in [-0.1, -0.05) is 12.1 Å². The zero-order chi connectivity index (χ0) is 19.5. The fraction of sp³-hybridized carbons (Fsp3) is 0.316. The van der Waals surface area contributed by atoms with Gasteiger partial charge in [0.05, 0.1) is 12.1 Å². The van der Waals surface area contributed by atoms with E-state index >= 15 is 0 Å². The number of carbonyl (C=O) groups is 2. The Morgan fingerprint density at radius 3 is 2.96 bits per heavy atom. The summed E-state index contributed by atoms with van der Waals surface area (Å²) < 4.78 is 1.55. The van der Waals surface area contributed by atoms with Gasteiger partial charge in [0.25, 0.3) is 0 Å². The van der Waals surface area contributed by atoms with E-state index in [1.165, 1.54) is 6.33 Å². The van der Waals surface area contributed by atoms with E-state index in [2.05, 4.69) is 20.8 Å². The molecule has 0 radical (unpaired) electrons. The van der Waals surface area contributed by atoms with Gasteiger partial charge in [-0.2, -0.15) is 0 Å². The van der Waals surface area contributed by atoms with Crippen molar-refractivity contribution in [2.75, 3.05) is 11.9 Å². The Bertz CT molecular complexity index is 970. The van der Waals surface area contributed by atoms with Crippen molar-refractivity contribution in [1.29, 1.82) is 0 Å². The maximum absolute atomic E-state index is 12.9. The molecule has 28 heavy (non-hydrogen) atoms. The Hall–Kier alpha value is -3.07. The summed E-state index contributed by atoms with van der Waals surface area (Å²) in [6.45, 7) is 2.57. The van der Waals surface area contributed by atoms with Crippen LogP contribution in [0.2, 0.25) is 0 Å². The average molecular weight is 396 g/mol. The van der Waals surface area contributed by atoms with E-state index in [4.69, 9.17) is 0 Å². The fourth-order valence-corrected chi connectivity index (χ4v) is 4.13. The second-order valence-corrected chi connectivity index (χ2v) is 7.78. The highest BCUT2D eigenvalue weighted by Gasteiger charge is 2.34. The van der Waals surface area contributed by atoms with Crippen LogP contribution >= 0.6 is 11.3 Å². The summed E-state index contributed by atoms with van der Waals surface area (Å²) in [5.41, 5.74) is 2.43. The van der Waals surface area contributed by atoms with Crippen molar-refractivity contribution in [3.63, 3.8) is 0 Å². The van der Waals surface area contributed by atoms with E-state index in [9.17, 15) is 9.59 Å². The molecule has 0 aliphatic carbocycles. The zero-order valence-corrected chi connectivity index (χ0v) is 16.2. The molecule has 2 aromatic heterocycles. The van der Waals surface area contributed by atoms with Gasteiger partial charge in [-0.15, -0.1) is 16.4 Å². The summed E-state index contributed by atoms with van der Waals surface area (Å²) in [5, 5.41) is 16.1. The predicted molar refractivity (Wildman–Crippen MR) is 105 cm³/mol. The SMILES string of the molecule is Cc1ccc(NC(=O)C2CCCN2C(=O)Cc2cccs2)cc1-n1cnnn1. The minimum atomic E-state index is -0.440. The summed E-state index contributed by atoms with van der Waals surface area (Å²) in [5.74, 6) is -0.165. The van der Waals surface area contributed by atoms with Crippen LogP contribution in [-0.4, -0.2) is 49.5 Å². The van der Waals surface area contributed by atoms with E-state index in [1.807, 2.05) is 42.6 Å². The Kier molecular flexibility index (Phi) is 5.16. The quantitative estimate of drug-likeness (QED) is 0.714. The van der Waals surface area contributed by atoms with Gasteiger partial charge in [-0.3, -0.25) is 9.59 Å². The molecule has 1 atom stereocenters. The van der Waals surface area contributed by atoms with Crippen LogP contribution in [0.5, 0.6) is 0 Å². The lowest BCUT2D eigenvalue weighted by Gasteiger charge is -2.24. The molecule has 2 amide bonds. The first kappa shape index (κ1) is 18.3. The molecule has 9 heteroatoms.